The lowest BCUT2D eigenvalue weighted by Gasteiger charge is -2.19. The van der Waals surface area contributed by atoms with Crippen molar-refractivity contribution in [3.8, 4) is 0 Å². The van der Waals surface area contributed by atoms with Crippen LogP contribution in [0.3, 0.4) is 0 Å². The smallest absolute Gasteiger partial charge is 0.319 e. The second kappa shape index (κ2) is 6.38. The minimum atomic E-state index is -0.490. The molecule has 2 atom stereocenters. The van der Waals surface area contributed by atoms with Crippen LogP contribution in [0.15, 0.2) is 12.4 Å². The van der Waals surface area contributed by atoms with Crippen LogP contribution in [0.5, 0.6) is 0 Å². The van der Waals surface area contributed by atoms with Gasteiger partial charge >= 0.3 is 6.03 Å². The van der Waals surface area contributed by atoms with Crippen LogP contribution in [0.25, 0.3) is 0 Å². The molecule has 8 heteroatoms. The molecule has 1 aromatic rings. The summed E-state index contributed by atoms with van der Waals surface area (Å²) in [5.74, 6) is -0.490. The van der Waals surface area contributed by atoms with Gasteiger partial charge in [-0.3, -0.25) is 9.48 Å². The van der Waals surface area contributed by atoms with Crippen LogP contribution in [-0.2, 0) is 16.1 Å². The fourth-order valence-electron chi connectivity index (χ4n) is 2.14. The maximum atomic E-state index is 11.8. The number of carbonyl (C=O) groups excluding carboxylic acids is 2. The molecule has 0 radical (unpaired) electrons. The molecule has 0 aromatic carbocycles. The summed E-state index contributed by atoms with van der Waals surface area (Å²) >= 11 is 0. The molecule has 1 fully saturated rings. The SMILES string of the molecule is C[C@H](NC(=O)Nc1cnn(CC(N)=O)c1)[C@H]1CCCO1. The lowest BCUT2D eigenvalue weighted by atomic mass is 10.1. The van der Waals surface area contributed by atoms with Crippen molar-refractivity contribution in [3.63, 3.8) is 0 Å². The first kappa shape index (κ1) is 14.3. The topological polar surface area (TPSA) is 111 Å². The lowest BCUT2D eigenvalue weighted by Crippen LogP contribution is -2.42. The summed E-state index contributed by atoms with van der Waals surface area (Å²) in [6.07, 6.45) is 5.05. The van der Waals surface area contributed by atoms with Crippen LogP contribution < -0.4 is 16.4 Å². The van der Waals surface area contributed by atoms with Crippen LogP contribution in [0.2, 0.25) is 0 Å². The predicted molar refractivity (Wildman–Crippen MR) is 72.0 cm³/mol. The van der Waals surface area contributed by atoms with E-state index in [0.717, 1.165) is 19.4 Å². The Morgan fingerprint density at radius 2 is 2.45 bits per heavy atom. The standard InChI is InChI=1S/C12H19N5O3/c1-8(10-3-2-4-20-10)15-12(19)16-9-5-14-17(6-9)7-11(13)18/h5-6,8,10H,2-4,7H2,1H3,(H2,13,18)(H2,15,16,19)/t8-,10+/m0/s1. The van der Waals surface area contributed by atoms with Crippen LogP contribution in [0.4, 0.5) is 10.5 Å². The van der Waals surface area contributed by atoms with Gasteiger partial charge in [-0.1, -0.05) is 0 Å². The van der Waals surface area contributed by atoms with Gasteiger partial charge in [-0.2, -0.15) is 5.10 Å². The van der Waals surface area contributed by atoms with Crippen molar-refractivity contribution in [1.82, 2.24) is 15.1 Å². The van der Waals surface area contributed by atoms with Crippen molar-refractivity contribution in [2.75, 3.05) is 11.9 Å². The van der Waals surface area contributed by atoms with Crippen LogP contribution >= 0.6 is 0 Å². The molecule has 1 aromatic heterocycles. The van der Waals surface area contributed by atoms with Gasteiger partial charge in [0.05, 0.1) is 24.0 Å². The third kappa shape index (κ3) is 3.95. The summed E-state index contributed by atoms with van der Waals surface area (Å²) in [5.41, 5.74) is 5.56. The molecule has 0 aliphatic carbocycles. The number of primary amides is 1. The Morgan fingerprint density at radius 3 is 3.10 bits per heavy atom. The van der Waals surface area contributed by atoms with E-state index < -0.39 is 5.91 Å². The number of nitrogens with one attached hydrogen (secondary N) is 2. The average molecular weight is 281 g/mol. The van der Waals surface area contributed by atoms with Gasteiger partial charge in [-0.25, -0.2) is 4.79 Å². The number of rotatable bonds is 5. The number of aromatic nitrogens is 2. The zero-order valence-corrected chi connectivity index (χ0v) is 11.3. The number of ether oxygens (including phenoxy) is 1. The summed E-state index contributed by atoms with van der Waals surface area (Å²) < 4.78 is 6.87. The van der Waals surface area contributed by atoms with Crippen molar-refractivity contribution in [3.05, 3.63) is 12.4 Å². The van der Waals surface area contributed by atoms with Crippen LogP contribution in [-0.4, -0.2) is 40.5 Å². The van der Waals surface area contributed by atoms with E-state index in [1.54, 1.807) is 6.20 Å². The summed E-state index contributed by atoms with van der Waals surface area (Å²) in [5, 5.41) is 9.38. The summed E-state index contributed by atoms with van der Waals surface area (Å²) in [6, 6.07) is -0.384. The van der Waals surface area contributed by atoms with Gasteiger partial charge in [0.15, 0.2) is 0 Å². The molecule has 110 valence electrons. The van der Waals surface area contributed by atoms with E-state index in [-0.39, 0.29) is 24.7 Å². The number of nitrogens with zero attached hydrogens (tertiary/aromatic N) is 2. The Hall–Kier alpha value is -2.09. The summed E-state index contributed by atoms with van der Waals surface area (Å²) in [7, 11) is 0. The zero-order valence-electron chi connectivity index (χ0n) is 11.3. The first-order valence-corrected chi connectivity index (χ1v) is 6.54. The fraction of sp³-hybridized carbons (Fsp3) is 0.583. The molecule has 1 aliphatic heterocycles. The highest BCUT2D eigenvalue weighted by molar-refractivity contribution is 5.89. The Kier molecular flexibility index (Phi) is 4.57. The average Bonchev–Trinajstić information content (AvgIpc) is 2.99. The van der Waals surface area contributed by atoms with Crippen LogP contribution in [0, 0.1) is 0 Å². The molecule has 4 N–H and O–H groups in total. The normalized spacial score (nSPS) is 19.6. The quantitative estimate of drug-likeness (QED) is 0.708. The first-order valence-electron chi connectivity index (χ1n) is 6.54. The molecule has 0 unspecified atom stereocenters. The Morgan fingerprint density at radius 1 is 1.65 bits per heavy atom. The Bertz CT molecular complexity index is 481. The molecule has 0 spiro atoms. The third-order valence-corrected chi connectivity index (χ3v) is 3.09. The minimum Gasteiger partial charge on any atom is -0.376 e. The molecule has 2 rings (SSSR count). The molecule has 2 heterocycles. The molecular formula is C12H19N5O3. The van der Waals surface area contributed by atoms with Gasteiger partial charge in [0, 0.05) is 12.8 Å². The van der Waals surface area contributed by atoms with Gasteiger partial charge in [0.2, 0.25) is 5.91 Å². The van der Waals surface area contributed by atoms with Crippen LogP contribution in [0.1, 0.15) is 19.8 Å². The largest absolute Gasteiger partial charge is 0.376 e. The molecule has 1 aliphatic rings. The zero-order chi connectivity index (χ0) is 14.5. The lowest BCUT2D eigenvalue weighted by molar-refractivity contribution is -0.118. The Labute approximate surface area is 116 Å². The fourth-order valence-corrected chi connectivity index (χ4v) is 2.14. The first-order chi connectivity index (χ1) is 9.54. The molecule has 0 bridgehead atoms. The number of anilines is 1. The number of amides is 3. The van der Waals surface area contributed by atoms with Crippen molar-refractivity contribution < 1.29 is 14.3 Å². The highest BCUT2D eigenvalue weighted by Gasteiger charge is 2.23. The maximum Gasteiger partial charge on any atom is 0.319 e. The van der Waals surface area contributed by atoms with Gasteiger partial charge in [0.1, 0.15) is 6.54 Å². The Balaban J connectivity index is 1.81. The molecule has 8 nitrogen and oxygen atoms in total. The molecule has 0 saturated carbocycles. The summed E-state index contributed by atoms with van der Waals surface area (Å²) in [6.45, 7) is 2.64. The molecule has 20 heavy (non-hydrogen) atoms. The van der Waals surface area contributed by atoms with Gasteiger partial charge < -0.3 is 21.1 Å². The highest BCUT2D eigenvalue weighted by Crippen LogP contribution is 2.15. The second-order valence-electron chi connectivity index (χ2n) is 4.83. The highest BCUT2D eigenvalue weighted by atomic mass is 16.5. The van der Waals surface area contributed by atoms with E-state index in [1.807, 2.05) is 6.92 Å². The van der Waals surface area contributed by atoms with Crippen molar-refractivity contribution in [1.29, 1.82) is 0 Å². The van der Waals surface area contributed by atoms with E-state index in [4.69, 9.17) is 10.5 Å². The third-order valence-electron chi connectivity index (χ3n) is 3.09. The minimum absolute atomic E-state index is 0.0182. The van der Waals surface area contributed by atoms with Crippen molar-refractivity contribution in [2.24, 2.45) is 5.73 Å². The number of urea groups is 1. The van der Waals surface area contributed by atoms with Crippen molar-refractivity contribution in [2.45, 2.75) is 38.5 Å². The van der Waals surface area contributed by atoms with E-state index in [9.17, 15) is 9.59 Å². The molecule has 1 saturated heterocycles. The van der Waals surface area contributed by atoms with Gasteiger partial charge in [-0.05, 0) is 19.8 Å². The number of carbonyl (C=O) groups is 2. The predicted octanol–water partition coefficient (Wildman–Crippen LogP) is 0.0574. The number of hydrogen-bond acceptors (Lipinski definition) is 4. The summed E-state index contributed by atoms with van der Waals surface area (Å²) in [4.78, 5) is 22.5. The van der Waals surface area contributed by atoms with E-state index in [0.29, 0.717) is 5.69 Å². The van der Waals surface area contributed by atoms with Crippen molar-refractivity contribution >= 4 is 17.6 Å². The van der Waals surface area contributed by atoms with E-state index >= 15 is 0 Å². The van der Waals surface area contributed by atoms with Gasteiger partial charge in [-0.15, -0.1) is 0 Å². The van der Waals surface area contributed by atoms with E-state index in [1.165, 1.54) is 10.9 Å². The van der Waals surface area contributed by atoms with Gasteiger partial charge in [0.25, 0.3) is 0 Å². The maximum absolute atomic E-state index is 11.8. The number of hydrogen-bond donors (Lipinski definition) is 3. The molecule has 3 amide bonds. The molecular weight excluding hydrogens is 262 g/mol. The second-order valence-corrected chi connectivity index (χ2v) is 4.83. The van der Waals surface area contributed by atoms with E-state index in [2.05, 4.69) is 15.7 Å². The monoisotopic (exact) mass is 281 g/mol. The number of nitrogens with two attached hydrogens (primary N) is 1.